The molecule has 136 valence electrons. The topological polar surface area (TPSA) is 59.6 Å². The number of ether oxygens (including phenoxy) is 1. The third kappa shape index (κ3) is 6.11. The Morgan fingerprint density at radius 2 is 1.96 bits per heavy atom. The van der Waals surface area contributed by atoms with Crippen molar-refractivity contribution in [3.63, 3.8) is 0 Å². The number of thioether (sulfide) groups is 1. The molecular formula is C18H30IN3OS. The normalized spacial score (nSPS) is 18.5. The Balaban J connectivity index is 0.00000288. The van der Waals surface area contributed by atoms with Crippen molar-refractivity contribution in [2.75, 3.05) is 31.3 Å². The Hall–Kier alpha value is -0.470. The minimum atomic E-state index is 0. The molecule has 1 aromatic rings. The summed E-state index contributed by atoms with van der Waals surface area (Å²) in [6, 6.07) is 8.46. The highest BCUT2D eigenvalue weighted by Crippen LogP contribution is 2.34. The molecule has 1 fully saturated rings. The minimum absolute atomic E-state index is 0. The second-order valence-corrected chi connectivity index (χ2v) is 7.53. The average molecular weight is 463 g/mol. The highest BCUT2D eigenvalue weighted by molar-refractivity contribution is 14.0. The highest BCUT2D eigenvalue weighted by atomic mass is 127. The Kier molecular flexibility index (Phi) is 9.44. The molecule has 1 heterocycles. The van der Waals surface area contributed by atoms with Crippen LogP contribution in [0.1, 0.15) is 44.6 Å². The molecule has 0 aliphatic carbocycles. The van der Waals surface area contributed by atoms with Gasteiger partial charge in [-0.15, -0.1) is 24.0 Å². The van der Waals surface area contributed by atoms with E-state index in [4.69, 9.17) is 10.5 Å². The van der Waals surface area contributed by atoms with Crippen LogP contribution in [0.2, 0.25) is 0 Å². The van der Waals surface area contributed by atoms with Crippen LogP contribution in [-0.2, 0) is 4.74 Å². The highest BCUT2D eigenvalue weighted by Gasteiger charge is 2.31. The smallest absolute Gasteiger partial charge is 0.193 e. The van der Waals surface area contributed by atoms with Crippen molar-refractivity contribution < 1.29 is 4.74 Å². The third-order valence-corrected chi connectivity index (χ3v) is 6.14. The van der Waals surface area contributed by atoms with E-state index in [1.165, 1.54) is 5.56 Å². The maximum absolute atomic E-state index is 6.06. The second-order valence-electron chi connectivity index (χ2n) is 6.26. The number of guanidine groups is 1. The van der Waals surface area contributed by atoms with Gasteiger partial charge in [0.1, 0.15) is 0 Å². The monoisotopic (exact) mass is 463 g/mol. The van der Waals surface area contributed by atoms with E-state index < -0.39 is 0 Å². The summed E-state index contributed by atoms with van der Waals surface area (Å²) in [6.45, 7) is 6.83. The number of nitrogens with zero attached hydrogens (tertiary/aromatic N) is 1. The first kappa shape index (κ1) is 21.6. The summed E-state index contributed by atoms with van der Waals surface area (Å²) in [5.74, 6) is 1.08. The molecule has 1 atom stereocenters. The molecule has 4 nitrogen and oxygen atoms in total. The molecule has 3 N–H and O–H groups in total. The van der Waals surface area contributed by atoms with Gasteiger partial charge in [-0.05, 0) is 49.1 Å². The SMILES string of the molecule is CCC(C)c1ccc(NC(N)=NCC2(SC)CCOCC2)cc1.I. The van der Waals surface area contributed by atoms with Crippen molar-refractivity contribution in [1.82, 2.24) is 0 Å². The lowest BCUT2D eigenvalue weighted by molar-refractivity contribution is 0.0794. The molecule has 0 saturated carbocycles. The van der Waals surface area contributed by atoms with Crippen molar-refractivity contribution >= 4 is 47.4 Å². The molecule has 1 aliphatic rings. The summed E-state index contributed by atoms with van der Waals surface area (Å²) in [6.07, 6.45) is 5.37. The van der Waals surface area contributed by atoms with Gasteiger partial charge >= 0.3 is 0 Å². The lowest BCUT2D eigenvalue weighted by Crippen LogP contribution is -2.37. The summed E-state index contributed by atoms with van der Waals surface area (Å²) < 4.78 is 5.63. The molecule has 0 bridgehead atoms. The fourth-order valence-corrected chi connectivity index (χ4v) is 3.49. The Bertz CT molecular complexity index is 516. The van der Waals surface area contributed by atoms with Gasteiger partial charge in [-0.1, -0.05) is 26.0 Å². The summed E-state index contributed by atoms with van der Waals surface area (Å²) in [5, 5.41) is 3.19. The standard InChI is InChI=1S/C18H29N3OS.HI/c1-4-14(2)15-5-7-16(8-6-15)21-17(19)20-13-18(23-3)9-11-22-12-10-18;/h5-8,14H,4,9-13H2,1-3H3,(H3,19,20,21);1H. The number of anilines is 1. The van der Waals surface area contributed by atoms with Gasteiger partial charge in [0.15, 0.2) is 5.96 Å². The second kappa shape index (κ2) is 10.5. The molecule has 1 saturated heterocycles. The van der Waals surface area contributed by atoms with E-state index in [1.54, 1.807) is 0 Å². The van der Waals surface area contributed by atoms with Gasteiger partial charge in [-0.25, -0.2) is 0 Å². The lowest BCUT2D eigenvalue weighted by atomic mass is 9.99. The molecule has 1 unspecified atom stereocenters. The van der Waals surface area contributed by atoms with Crippen molar-refractivity contribution in [2.24, 2.45) is 10.7 Å². The molecule has 0 amide bonds. The van der Waals surface area contributed by atoms with Crippen LogP contribution in [0.5, 0.6) is 0 Å². The maximum Gasteiger partial charge on any atom is 0.193 e. The number of rotatable bonds is 6. The van der Waals surface area contributed by atoms with Crippen LogP contribution in [0, 0.1) is 0 Å². The quantitative estimate of drug-likeness (QED) is 0.372. The maximum atomic E-state index is 6.06. The molecule has 24 heavy (non-hydrogen) atoms. The predicted molar refractivity (Wildman–Crippen MR) is 117 cm³/mol. The van der Waals surface area contributed by atoms with Crippen LogP contribution in [-0.4, -0.2) is 36.7 Å². The predicted octanol–water partition coefficient (Wildman–Crippen LogP) is 4.46. The number of hydrogen-bond acceptors (Lipinski definition) is 3. The fraction of sp³-hybridized carbons (Fsp3) is 0.611. The van der Waals surface area contributed by atoms with E-state index in [0.29, 0.717) is 11.9 Å². The van der Waals surface area contributed by atoms with Crippen LogP contribution in [0.3, 0.4) is 0 Å². The first-order valence-electron chi connectivity index (χ1n) is 8.38. The number of benzene rings is 1. The van der Waals surface area contributed by atoms with Gasteiger partial charge in [0, 0.05) is 23.6 Å². The van der Waals surface area contributed by atoms with Crippen LogP contribution in [0.4, 0.5) is 5.69 Å². The largest absolute Gasteiger partial charge is 0.381 e. The first-order chi connectivity index (χ1) is 11.1. The van der Waals surface area contributed by atoms with Crippen molar-refractivity contribution in [2.45, 2.75) is 43.8 Å². The summed E-state index contributed by atoms with van der Waals surface area (Å²) in [5.41, 5.74) is 8.41. The molecular weight excluding hydrogens is 433 g/mol. The molecule has 0 aromatic heterocycles. The van der Waals surface area contributed by atoms with Gasteiger partial charge in [0.05, 0.1) is 6.54 Å². The zero-order chi connectivity index (χ0) is 16.7. The van der Waals surface area contributed by atoms with Gasteiger partial charge in [-0.2, -0.15) is 11.8 Å². The van der Waals surface area contributed by atoms with E-state index in [-0.39, 0.29) is 28.7 Å². The minimum Gasteiger partial charge on any atom is -0.381 e. The number of hydrogen-bond donors (Lipinski definition) is 2. The van der Waals surface area contributed by atoms with Crippen LogP contribution in [0.25, 0.3) is 0 Å². The number of aliphatic imine (C=N–C) groups is 1. The van der Waals surface area contributed by atoms with Gasteiger partial charge in [-0.3, -0.25) is 4.99 Å². The molecule has 1 aromatic carbocycles. The van der Waals surface area contributed by atoms with E-state index in [2.05, 4.69) is 54.7 Å². The fourth-order valence-electron chi connectivity index (χ4n) is 2.72. The number of halogens is 1. The van der Waals surface area contributed by atoms with E-state index >= 15 is 0 Å². The summed E-state index contributed by atoms with van der Waals surface area (Å²) in [7, 11) is 0. The van der Waals surface area contributed by atoms with E-state index in [9.17, 15) is 0 Å². The van der Waals surface area contributed by atoms with E-state index in [0.717, 1.165) is 44.7 Å². The molecule has 2 rings (SSSR count). The molecule has 6 heteroatoms. The summed E-state index contributed by atoms with van der Waals surface area (Å²) >= 11 is 1.88. The van der Waals surface area contributed by atoms with Crippen molar-refractivity contribution in [3.05, 3.63) is 29.8 Å². The number of nitrogens with two attached hydrogens (primary N) is 1. The van der Waals surface area contributed by atoms with Crippen molar-refractivity contribution in [3.8, 4) is 0 Å². The van der Waals surface area contributed by atoms with Crippen LogP contribution < -0.4 is 11.1 Å². The van der Waals surface area contributed by atoms with E-state index in [1.807, 2.05) is 11.8 Å². The van der Waals surface area contributed by atoms with Gasteiger partial charge in [0.2, 0.25) is 0 Å². The molecule has 0 spiro atoms. The zero-order valence-electron chi connectivity index (χ0n) is 14.9. The molecule has 1 aliphatic heterocycles. The number of nitrogens with one attached hydrogen (secondary N) is 1. The Morgan fingerprint density at radius 3 is 2.50 bits per heavy atom. The first-order valence-corrected chi connectivity index (χ1v) is 9.61. The van der Waals surface area contributed by atoms with Crippen LogP contribution in [0.15, 0.2) is 29.3 Å². The third-order valence-electron chi connectivity index (χ3n) is 4.74. The summed E-state index contributed by atoms with van der Waals surface area (Å²) in [4.78, 5) is 4.57. The average Bonchev–Trinajstić information content (AvgIpc) is 2.61. The molecule has 0 radical (unpaired) electrons. The van der Waals surface area contributed by atoms with Gasteiger partial charge < -0.3 is 15.8 Å². The lowest BCUT2D eigenvalue weighted by Gasteiger charge is -2.34. The van der Waals surface area contributed by atoms with Gasteiger partial charge in [0.25, 0.3) is 0 Å². The Morgan fingerprint density at radius 1 is 1.33 bits per heavy atom. The Labute approximate surface area is 167 Å². The van der Waals surface area contributed by atoms with Crippen LogP contribution >= 0.6 is 35.7 Å². The zero-order valence-corrected chi connectivity index (χ0v) is 18.0. The van der Waals surface area contributed by atoms with Crippen molar-refractivity contribution in [1.29, 1.82) is 0 Å².